The molecule has 2 heterocycles. The number of carboxylic acids is 1. The molecule has 1 aliphatic heterocycles. The van der Waals surface area contributed by atoms with Crippen LogP contribution < -0.4 is 5.32 Å². The number of aromatic carboxylic acids is 1. The number of benzene rings is 2. The molecule has 30 heavy (non-hydrogen) atoms. The first kappa shape index (κ1) is 19.9. The molecule has 150 valence electrons. The van der Waals surface area contributed by atoms with Gasteiger partial charge in [-0.25, -0.2) is 18.1 Å². The molecule has 0 radical (unpaired) electrons. The van der Waals surface area contributed by atoms with Gasteiger partial charge in [-0.2, -0.15) is 0 Å². The van der Waals surface area contributed by atoms with Crippen LogP contribution in [-0.4, -0.2) is 25.6 Å². The first-order valence-corrected chi connectivity index (χ1v) is 10.9. The van der Waals surface area contributed by atoms with Crippen molar-refractivity contribution in [2.24, 2.45) is 0 Å². The molecule has 1 unspecified atom stereocenters. The van der Waals surface area contributed by atoms with E-state index in [0.29, 0.717) is 21.9 Å². The van der Waals surface area contributed by atoms with Gasteiger partial charge in [0.05, 0.1) is 21.9 Å². The molecule has 0 spiro atoms. The van der Waals surface area contributed by atoms with Crippen molar-refractivity contribution in [2.45, 2.75) is 17.9 Å². The number of carboxylic acid groups (broad SMARTS) is 1. The number of fused-ring (bicyclic) bond motifs is 1. The highest BCUT2D eigenvalue weighted by Crippen LogP contribution is 2.35. The van der Waals surface area contributed by atoms with Crippen molar-refractivity contribution in [3.8, 4) is 11.8 Å². The van der Waals surface area contributed by atoms with Crippen LogP contribution in [0.5, 0.6) is 0 Å². The fraction of sp³-hybridized carbons (Fsp3) is 0.0909. The average molecular weight is 437 g/mol. The smallest absolute Gasteiger partial charge is 0.335 e. The molecule has 2 amide bonds. The molecule has 2 N–H and O–H groups in total. The van der Waals surface area contributed by atoms with Crippen LogP contribution in [0.1, 0.15) is 26.4 Å². The third kappa shape index (κ3) is 4.27. The second kappa shape index (κ2) is 8.53. The predicted molar refractivity (Wildman–Crippen MR) is 116 cm³/mol. The van der Waals surface area contributed by atoms with Gasteiger partial charge in [0.2, 0.25) is 0 Å². The van der Waals surface area contributed by atoms with Crippen LogP contribution in [-0.2, 0) is 24.0 Å². The Balaban J connectivity index is 1.50. The summed E-state index contributed by atoms with van der Waals surface area (Å²) in [5, 5.41) is 12.3. The van der Waals surface area contributed by atoms with Gasteiger partial charge in [0.1, 0.15) is 5.00 Å². The lowest BCUT2D eigenvalue weighted by Gasteiger charge is -2.25. The fourth-order valence-electron chi connectivity index (χ4n) is 2.88. The Kier molecular flexibility index (Phi) is 5.65. The molecule has 1 aliphatic rings. The van der Waals surface area contributed by atoms with Gasteiger partial charge in [-0.05, 0) is 29.3 Å². The van der Waals surface area contributed by atoms with Gasteiger partial charge in [0.25, 0.3) is 0 Å². The van der Waals surface area contributed by atoms with Crippen molar-refractivity contribution in [2.75, 3.05) is 5.32 Å². The Morgan fingerprint density at radius 3 is 2.53 bits per heavy atom. The highest BCUT2D eigenvalue weighted by Gasteiger charge is 2.31. The van der Waals surface area contributed by atoms with Crippen LogP contribution >= 0.6 is 11.3 Å². The second-order valence-electron chi connectivity index (χ2n) is 6.49. The van der Waals surface area contributed by atoms with E-state index in [1.807, 2.05) is 30.3 Å². The monoisotopic (exact) mass is 436 g/mol. The summed E-state index contributed by atoms with van der Waals surface area (Å²) in [4.78, 5) is 24.7. The van der Waals surface area contributed by atoms with E-state index in [2.05, 4.69) is 17.2 Å². The molecule has 4 rings (SSSR count). The predicted octanol–water partition coefficient (Wildman–Crippen LogP) is 4.11. The number of amides is 2. The van der Waals surface area contributed by atoms with Crippen molar-refractivity contribution < 1.29 is 18.9 Å². The van der Waals surface area contributed by atoms with Gasteiger partial charge in [-0.1, -0.05) is 54.3 Å². The molecule has 0 fully saturated rings. The minimum Gasteiger partial charge on any atom is -0.478 e. The minimum absolute atomic E-state index is 0.0999. The van der Waals surface area contributed by atoms with E-state index in [-0.39, 0.29) is 12.1 Å². The van der Waals surface area contributed by atoms with Gasteiger partial charge in [-0.3, -0.25) is 5.32 Å². The molecule has 0 saturated heterocycles. The number of hydrogen-bond acceptors (Lipinski definition) is 4. The number of nitrogens with one attached hydrogen (secondary N) is 1. The molecule has 0 aliphatic carbocycles. The van der Waals surface area contributed by atoms with Gasteiger partial charge in [0, 0.05) is 6.42 Å². The van der Waals surface area contributed by atoms with E-state index in [1.165, 1.54) is 27.8 Å². The summed E-state index contributed by atoms with van der Waals surface area (Å²) < 4.78 is 14.2. The standard InChI is InChI=1S/C22H16N2O4S2/c25-21(26)17-11-9-16(10-12-17)14-24-22(27)23-20-19(30(24)28)13-18(29-20)8-4-7-15-5-2-1-3-6-15/h1-3,5-6,9-13H,7,14H2,(H,23,27)(H,25,26). The Morgan fingerprint density at radius 1 is 1.10 bits per heavy atom. The third-order valence-corrected chi connectivity index (χ3v) is 6.90. The molecule has 0 bridgehead atoms. The van der Waals surface area contributed by atoms with Crippen molar-refractivity contribution in [1.29, 1.82) is 0 Å². The number of nitrogens with zero attached hydrogens (tertiary/aromatic N) is 1. The number of thiophene rings is 1. The maximum Gasteiger partial charge on any atom is 0.335 e. The van der Waals surface area contributed by atoms with E-state index < -0.39 is 23.0 Å². The molecular weight excluding hydrogens is 420 g/mol. The highest BCUT2D eigenvalue weighted by atomic mass is 32.2. The number of carbonyl (C=O) groups excluding carboxylic acids is 1. The molecule has 1 aromatic heterocycles. The number of urea groups is 1. The Morgan fingerprint density at radius 2 is 1.83 bits per heavy atom. The van der Waals surface area contributed by atoms with Gasteiger partial charge in [-0.15, -0.1) is 11.3 Å². The van der Waals surface area contributed by atoms with Crippen LogP contribution in [0.3, 0.4) is 0 Å². The lowest BCUT2D eigenvalue weighted by atomic mass is 10.1. The second-order valence-corrected chi connectivity index (χ2v) is 8.92. The SMILES string of the molecule is O=C(O)c1ccc(CN2C(=O)Nc3sc(C#CCc4ccccc4)cc3S2=O)cc1. The molecule has 3 aromatic rings. The zero-order valence-corrected chi connectivity index (χ0v) is 17.3. The molecule has 0 saturated carbocycles. The topological polar surface area (TPSA) is 86.7 Å². The number of rotatable bonds is 4. The highest BCUT2D eigenvalue weighted by molar-refractivity contribution is 7.83. The van der Waals surface area contributed by atoms with E-state index in [1.54, 1.807) is 18.2 Å². The number of hydrogen-bond donors (Lipinski definition) is 2. The molecule has 2 aromatic carbocycles. The lowest BCUT2D eigenvalue weighted by Crippen LogP contribution is -2.39. The van der Waals surface area contributed by atoms with Crippen molar-refractivity contribution in [1.82, 2.24) is 4.31 Å². The van der Waals surface area contributed by atoms with E-state index in [4.69, 9.17) is 5.11 Å². The van der Waals surface area contributed by atoms with Crippen LogP contribution in [0.25, 0.3) is 0 Å². The van der Waals surface area contributed by atoms with Crippen LogP contribution in [0.2, 0.25) is 0 Å². The first-order valence-electron chi connectivity index (χ1n) is 9.00. The third-order valence-electron chi connectivity index (χ3n) is 4.41. The fourth-order valence-corrected chi connectivity index (χ4v) is 5.24. The lowest BCUT2D eigenvalue weighted by molar-refractivity contribution is 0.0697. The Hall–Kier alpha value is -3.41. The first-order chi connectivity index (χ1) is 14.5. The van der Waals surface area contributed by atoms with Crippen LogP contribution in [0, 0.1) is 11.8 Å². The zero-order chi connectivity index (χ0) is 21.1. The van der Waals surface area contributed by atoms with Gasteiger partial charge >= 0.3 is 12.0 Å². The molecule has 6 nitrogen and oxygen atoms in total. The average Bonchev–Trinajstić information content (AvgIpc) is 3.15. The zero-order valence-electron chi connectivity index (χ0n) is 15.6. The Labute approximate surface area is 179 Å². The summed E-state index contributed by atoms with van der Waals surface area (Å²) in [5.41, 5.74) is 1.95. The van der Waals surface area contributed by atoms with Gasteiger partial charge < -0.3 is 5.11 Å². The summed E-state index contributed by atoms with van der Waals surface area (Å²) in [5.74, 6) is 5.16. The van der Waals surface area contributed by atoms with Crippen LogP contribution in [0.15, 0.2) is 65.6 Å². The molecular formula is C22H16N2O4S2. The van der Waals surface area contributed by atoms with Crippen LogP contribution in [0.4, 0.5) is 9.80 Å². The van der Waals surface area contributed by atoms with E-state index in [9.17, 15) is 13.8 Å². The summed E-state index contributed by atoms with van der Waals surface area (Å²) >= 11 is 1.30. The minimum atomic E-state index is -1.67. The number of anilines is 1. The summed E-state index contributed by atoms with van der Waals surface area (Å²) in [7, 11) is -1.67. The quantitative estimate of drug-likeness (QED) is 0.603. The normalized spacial score (nSPS) is 15.0. The van der Waals surface area contributed by atoms with E-state index in [0.717, 1.165) is 10.4 Å². The molecule has 8 heteroatoms. The van der Waals surface area contributed by atoms with Crippen molar-refractivity contribution >= 4 is 39.3 Å². The summed E-state index contributed by atoms with van der Waals surface area (Å²) in [6.45, 7) is 0.0999. The summed E-state index contributed by atoms with van der Waals surface area (Å²) in [6.07, 6.45) is 0.608. The largest absolute Gasteiger partial charge is 0.478 e. The van der Waals surface area contributed by atoms with E-state index >= 15 is 0 Å². The van der Waals surface area contributed by atoms with Crippen molar-refractivity contribution in [3.63, 3.8) is 0 Å². The van der Waals surface area contributed by atoms with Gasteiger partial charge in [0.15, 0.2) is 11.0 Å². The Bertz CT molecular complexity index is 1190. The van der Waals surface area contributed by atoms with Crippen molar-refractivity contribution in [3.05, 3.63) is 82.2 Å². The maximum atomic E-state index is 13.0. The molecule has 1 atom stereocenters. The number of carbonyl (C=O) groups is 2. The maximum absolute atomic E-state index is 13.0. The summed E-state index contributed by atoms with van der Waals surface area (Å²) in [6, 6.07) is 17.3.